The minimum absolute atomic E-state index is 0.0745. The fraction of sp³-hybridized carbons (Fsp3) is 0.188. The summed E-state index contributed by atoms with van der Waals surface area (Å²) < 4.78 is 5.24. The SMILES string of the molecule is CO[C@@H](C(=O)Nc1cc([N+](=O)[O-])ccc1C)c1ccccc1. The van der Waals surface area contributed by atoms with Crippen LogP contribution in [0.1, 0.15) is 17.2 Å². The Labute approximate surface area is 127 Å². The first-order chi connectivity index (χ1) is 10.5. The zero-order chi connectivity index (χ0) is 16.1. The molecule has 0 bridgehead atoms. The van der Waals surface area contributed by atoms with Crippen molar-refractivity contribution < 1.29 is 14.5 Å². The minimum Gasteiger partial charge on any atom is -0.367 e. The molecule has 0 heterocycles. The average Bonchev–Trinajstić information content (AvgIpc) is 2.51. The second kappa shape index (κ2) is 6.82. The lowest BCUT2D eigenvalue weighted by atomic mass is 10.1. The summed E-state index contributed by atoms with van der Waals surface area (Å²) in [5.74, 6) is -0.378. The number of methoxy groups -OCH3 is 1. The number of aryl methyl sites for hydroxylation is 1. The van der Waals surface area contributed by atoms with E-state index in [2.05, 4.69) is 5.32 Å². The number of nitro benzene ring substituents is 1. The number of amides is 1. The van der Waals surface area contributed by atoms with Crippen molar-refractivity contribution in [2.75, 3.05) is 12.4 Å². The molecule has 1 atom stereocenters. The van der Waals surface area contributed by atoms with E-state index >= 15 is 0 Å². The van der Waals surface area contributed by atoms with E-state index in [1.165, 1.54) is 19.2 Å². The Kier molecular flexibility index (Phi) is 4.85. The van der Waals surface area contributed by atoms with Gasteiger partial charge in [0.25, 0.3) is 11.6 Å². The second-order valence-corrected chi connectivity index (χ2v) is 4.77. The van der Waals surface area contributed by atoms with Crippen molar-refractivity contribution in [2.45, 2.75) is 13.0 Å². The van der Waals surface area contributed by atoms with Crippen molar-refractivity contribution in [3.8, 4) is 0 Å². The lowest BCUT2D eigenvalue weighted by Gasteiger charge is -2.16. The van der Waals surface area contributed by atoms with Gasteiger partial charge in [0.05, 0.1) is 10.6 Å². The van der Waals surface area contributed by atoms with Crippen LogP contribution in [0.2, 0.25) is 0 Å². The first-order valence-corrected chi connectivity index (χ1v) is 6.66. The average molecular weight is 300 g/mol. The lowest BCUT2D eigenvalue weighted by Crippen LogP contribution is -2.23. The molecular weight excluding hydrogens is 284 g/mol. The number of nitrogens with zero attached hydrogens (tertiary/aromatic N) is 1. The number of anilines is 1. The van der Waals surface area contributed by atoms with Crippen molar-refractivity contribution in [1.29, 1.82) is 0 Å². The van der Waals surface area contributed by atoms with Gasteiger partial charge in [0, 0.05) is 19.2 Å². The molecule has 0 aliphatic carbocycles. The third kappa shape index (κ3) is 3.48. The molecule has 114 valence electrons. The molecule has 22 heavy (non-hydrogen) atoms. The second-order valence-electron chi connectivity index (χ2n) is 4.77. The van der Waals surface area contributed by atoms with Gasteiger partial charge in [-0.15, -0.1) is 0 Å². The van der Waals surface area contributed by atoms with Crippen LogP contribution in [0.4, 0.5) is 11.4 Å². The third-order valence-electron chi connectivity index (χ3n) is 3.27. The van der Waals surface area contributed by atoms with Crippen molar-refractivity contribution >= 4 is 17.3 Å². The van der Waals surface area contributed by atoms with Gasteiger partial charge in [-0.3, -0.25) is 14.9 Å². The van der Waals surface area contributed by atoms with Crippen LogP contribution < -0.4 is 5.32 Å². The van der Waals surface area contributed by atoms with Crippen LogP contribution in [-0.2, 0) is 9.53 Å². The van der Waals surface area contributed by atoms with Gasteiger partial charge in [0.1, 0.15) is 0 Å². The van der Waals surface area contributed by atoms with Crippen molar-refractivity contribution in [3.63, 3.8) is 0 Å². The van der Waals surface area contributed by atoms with Gasteiger partial charge in [0.2, 0.25) is 0 Å². The maximum absolute atomic E-state index is 12.4. The molecule has 1 amide bonds. The van der Waals surface area contributed by atoms with Crippen LogP contribution in [-0.4, -0.2) is 17.9 Å². The molecular formula is C16H16N2O4. The lowest BCUT2D eigenvalue weighted by molar-refractivity contribution is -0.384. The first-order valence-electron chi connectivity index (χ1n) is 6.66. The largest absolute Gasteiger partial charge is 0.367 e. The molecule has 6 heteroatoms. The summed E-state index contributed by atoms with van der Waals surface area (Å²) in [5, 5.41) is 13.5. The highest BCUT2D eigenvalue weighted by atomic mass is 16.6. The van der Waals surface area contributed by atoms with Gasteiger partial charge >= 0.3 is 0 Å². The van der Waals surface area contributed by atoms with Gasteiger partial charge in [-0.25, -0.2) is 0 Å². The number of rotatable bonds is 5. The molecule has 0 aromatic heterocycles. The molecule has 0 saturated carbocycles. The van der Waals surface area contributed by atoms with Crippen LogP contribution in [0.15, 0.2) is 48.5 Å². The van der Waals surface area contributed by atoms with Gasteiger partial charge in [-0.1, -0.05) is 36.4 Å². The van der Waals surface area contributed by atoms with Crippen LogP contribution in [0.5, 0.6) is 0 Å². The molecule has 0 spiro atoms. The smallest absolute Gasteiger partial charge is 0.271 e. The van der Waals surface area contributed by atoms with Gasteiger partial charge in [-0.05, 0) is 18.1 Å². The number of carbonyl (C=O) groups excluding carboxylic acids is 1. The zero-order valence-electron chi connectivity index (χ0n) is 12.3. The van der Waals surface area contributed by atoms with E-state index in [0.29, 0.717) is 11.3 Å². The van der Waals surface area contributed by atoms with Crippen LogP contribution >= 0.6 is 0 Å². The first kappa shape index (κ1) is 15.7. The van der Waals surface area contributed by atoms with E-state index < -0.39 is 11.0 Å². The molecule has 0 saturated heterocycles. The summed E-state index contributed by atoms with van der Waals surface area (Å²) in [7, 11) is 1.44. The normalized spacial score (nSPS) is 11.7. The van der Waals surface area contributed by atoms with Crippen molar-refractivity contribution in [2.24, 2.45) is 0 Å². The standard InChI is InChI=1S/C16H16N2O4/c1-11-8-9-13(18(20)21)10-14(11)17-16(19)15(22-2)12-6-4-3-5-7-12/h3-10,15H,1-2H3,(H,17,19)/t15-/m1/s1. The quantitative estimate of drug-likeness (QED) is 0.679. The topological polar surface area (TPSA) is 81.5 Å². The Morgan fingerprint density at radius 1 is 1.23 bits per heavy atom. The summed E-state index contributed by atoms with van der Waals surface area (Å²) in [6, 6.07) is 13.4. The Morgan fingerprint density at radius 3 is 2.50 bits per heavy atom. The van der Waals surface area contributed by atoms with Gasteiger partial charge in [0.15, 0.2) is 6.10 Å². The highest BCUT2D eigenvalue weighted by molar-refractivity contribution is 5.95. The number of hydrogen-bond donors (Lipinski definition) is 1. The van der Waals surface area contributed by atoms with Crippen molar-refractivity contribution in [1.82, 2.24) is 0 Å². The molecule has 0 unspecified atom stereocenters. The molecule has 0 fully saturated rings. The Bertz CT molecular complexity index is 686. The van der Waals surface area contributed by atoms with Gasteiger partial charge < -0.3 is 10.1 Å². The number of carbonyl (C=O) groups is 1. The number of hydrogen-bond acceptors (Lipinski definition) is 4. The zero-order valence-corrected chi connectivity index (χ0v) is 12.3. The van der Waals surface area contributed by atoms with E-state index in [4.69, 9.17) is 4.74 Å². The number of non-ortho nitro benzene ring substituents is 1. The molecule has 0 radical (unpaired) electrons. The fourth-order valence-electron chi connectivity index (χ4n) is 2.08. The van der Waals surface area contributed by atoms with E-state index in [1.807, 2.05) is 18.2 Å². The van der Waals surface area contributed by atoms with Crippen LogP contribution in [0, 0.1) is 17.0 Å². The summed E-state index contributed by atoms with van der Waals surface area (Å²) in [6.45, 7) is 1.77. The summed E-state index contributed by atoms with van der Waals surface area (Å²) in [5.41, 5.74) is 1.78. The maximum atomic E-state index is 12.4. The predicted molar refractivity (Wildman–Crippen MR) is 82.7 cm³/mol. The molecule has 0 aliphatic heterocycles. The van der Waals surface area contributed by atoms with Crippen LogP contribution in [0.25, 0.3) is 0 Å². The fourth-order valence-corrected chi connectivity index (χ4v) is 2.08. The minimum atomic E-state index is -0.778. The van der Waals surface area contributed by atoms with Crippen LogP contribution in [0.3, 0.4) is 0 Å². The highest BCUT2D eigenvalue weighted by Crippen LogP contribution is 2.24. The monoisotopic (exact) mass is 300 g/mol. The van der Waals surface area contributed by atoms with E-state index in [-0.39, 0.29) is 11.6 Å². The predicted octanol–water partition coefficient (Wildman–Crippen LogP) is 3.23. The molecule has 6 nitrogen and oxygen atoms in total. The highest BCUT2D eigenvalue weighted by Gasteiger charge is 2.21. The summed E-state index contributed by atoms with van der Waals surface area (Å²) >= 11 is 0. The Hall–Kier alpha value is -2.73. The number of benzene rings is 2. The third-order valence-corrected chi connectivity index (χ3v) is 3.27. The van der Waals surface area contributed by atoms with E-state index in [0.717, 1.165) is 5.56 Å². The molecule has 2 rings (SSSR count). The summed E-state index contributed by atoms with van der Waals surface area (Å²) in [6.07, 6.45) is -0.778. The van der Waals surface area contributed by atoms with Crippen molar-refractivity contribution in [3.05, 3.63) is 69.8 Å². The van der Waals surface area contributed by atoms with Gasteiger partial charge in [-0.2, -0.15) is 0 Å². The number of nitro groups is 1. The van der Waals surface area contributed by atoms with E-state index in [1.54, 1.807) is 25.1 Å². The Balaban J connectivity index is 2.24. The Morgan fingerprint density at radius 2 is 1.91 bits per heavy atom. The molecule has 2 aromatic carbocycles. The van der Waals surface area contributed by atoms with E-state index in [9.17, 15) is 14.9 Å². The number of nitrogens with one attached hydrogen (secondary N) is 1. The maximum Gasteiger partial charge on any atom is 0.271 e. The summed E-state index contributed by atoms with van der Waals surface area (Å²) in [4.78, 5) is 22.7. The molecule has 1 N–H and O–H groups in total. The molecule has 0 aliphatic rings. The number of ether oxygens (including phenoxy) is 1. The molecule has 2 aromatic rings.